The van der Waals surface area contributed by atoms with E-state index < -0.39 is 0 Å². The van der Waals surface area contributed by atoms with Crippen LogP contribution in [0.4, 0.5) is 0 Å². The highest BCUT2D eigenvalue weighted by Gasteiger charge is 2.38. The number of aromatic nitrogens is 4. The summed E-state index contributed by atoms with van der Waals surface area (Å²) in [4.78, 5) is 5.27. The number of imidazole rings is 1. The van der Waals surface area contributed by atoms with Gasteiger partial charge in [-0.3, -0.25) is 4.57 Å². The number of fused-ring (bicyclic) bond motifs is 11. The summed E-state index contributed by atoms with van der Waals surface area (Å²) in [7, 11) is 0. The first-order chi connectivity index (χ1) is 21.6. The van der Waals surface area contributed by atoms with Gasteiger partial charge >= 0.3 is 0 Å². The van der Waals surface area contributed by atoms with Crippen LogP contribution in [0, 0.1) is 0 Å². The number of hydrogen-bond acceptors (Lipinski definition) is 1. The molecule has 0 N–H and O–H groups in total. The summed E-state index contributed by atoms with van der Waals surface area (Å²) in [5, 5.41) is 5.04. The minimum absolute atomic E-state index is 0.154. The first kappa shape index (κ1) is 23.9. The van der Waals surface area contributed by atoms with Crippen LogP contribution >= 0.6 is 0 Å². The van der Waals surface area contributed by atoms with Crippen LogP contribution in [0.2, 0.25) is 0 Å². The molecule has 0 fully saturated rings. The summed E-state index contributed by atoms with van der Waals surface area (Å²) >= 11 is 0. The molecule has 4 heterocycles. The fraction of sp³-hybridized carbons (Fsp3) is 0.0750. The van der Waals surface area contributed by atoms with Crippen molar-refractivity contribution in [3.63, 3.8) is 0 Å². The van der Waals surface area contributed by atoms with Gasteiger partial charge in [0.25, 0.3) is 0 Å². The van der Waals surface area contributed by atoms with Crippen molar-refractivity contribution in [1.82, 2.24) is 18.7 Å². The molecule has 4 heteroatoms. The number of para-hydroxylation sites is 4. The summed E-state index contributed by atoms with van der Waals surface area (Å²) in [6.45, 7) is 4.56. The molecule has 1 aliphatic rings. The maximum atomic E-state index is 5.27. The highest BCUT2D eigenvalue weighted by atomic mass is 15.1. The molecule has 208 valence electrons. The second-order valence-electron chi connectivity index (χ2n) is 12.5. The molecule has 0 amide bonds. The largest absolute Gasteiger partial charge is 0.309 e. The van der Waals surface area contributed by atoms with Gasteiger partial charge in [-0.25, -0.2) is 4.98 Å². The third-order valence-corrected chi connectivity index (χ3v) is 9.75. The van der Waals surface area contributed by atoms with Crippen molar-refractivity contribution in [2.45, 2.75) is 19.3 Å². The van der Waals surface area contributed by atoms with Crippen LogP contribution < -0.4 is 0 Å². The van der Waals surface area contributed by atoms with Gasteiger partial charge in [0.15, 0.2) is 0 Å². The van der Waals surface area contributed by atoms with E-state index in [1.54, 1.807) is 0 Å². The molecular weight excluding hydrogens is 536 g/mol. The normalized spacial score (nSPS) is 13.9. The highest BCUT2D eigenvalue weighted by Crippen LogP contribution is 2.45. The van der Waals surface area contributed by atoms with Crippen LogP contribution in [0.25, 0.3) is 71.7 Å². The van der Waals surface area contributed by atoms with E-state index >= 15 is 0 Å². The quantitative estimate of drug-likeness (QED) is 0.205. The standard InChI is InChI=1S/C40H28N4/c1-40(2)31-16-8-11-19-35(31)44-36-21-20-26(22-32(36)41-39(40)44)43-34-18-10-7-15-28(34)30-23-29-27-14-6-9-17-33(27)42(37(29)24-38(30)43)25-12-4-3-5-13-25/h3-24H,1-2H3. The fourth-order valence-electron chi connectivity index (χ4n) is 7.75. The summed E-state index contributed by atoms with van der Waals surface area (Å²) in [6.07, 6.45) is 0. The van der Waals surface area contributed by atoms with Gasteiger partial charge in [-0.2, -0.15) is 0 Å². The van der Waals surface area contributed by atoms with Gasteiger partial charge < -0.3 is 9.13 Å². The molecule has 6 aromatic carbocycles. The Morgan fingerprint density at radius 1 is 0.455 bits per heavy atom. The third kappa shape index (κ3) is 2.95. The van der Waals surface area contributed by atoms with E-state index in [1.165, 1.54) is 54.9 Å². The molecule has 44 heavy (non-hydrogen) atoms. The van der Waals surface area contributed by atoms with E-state index in [-0.39, 0.29) is 5.41 Å². The Kier molecular flexibility index (Phi) is 4.49. The van der Waals surface area contributed by atoms with Gasteiger partial charge in [-0.15, -0.1) is 0 Å². The van der Waals surface area contributed by atoms with Gasteiger partial charge in [0.2, 0.25) is 0 Å². The van der Waals surface area contributed by atoms with Gasteiger partial charge in [0.05, 0.1) is 44.2 Å². The minimum Gasteiger partial charge on any atom is -0.309 e. The lowest BCUT2D eigenvalue weighted by atomic mass is 9.86. The maximum absolute atomic E-state index is 5.27. The van der Waals surface area contributed by atoms with Gasteiger partial charge in [0.1, 0.15) is 5.82 Å². The first-order valence-electron chi connectivity index (χ1n) is 15.2. The molecule has 10 rings (SSSR count). The number of benzene rings is 6. The molecule has 0 saturated carbocycles. The molecule has 0 aliphatic carbocycles. The summed E-state index contributed by atoms with van der Waals surface area (Å²) in [5.74, 6) is 1.10. The Labute approximate surface area is 254 Å². The Morgan fingerprint density at radius 2 is 1.07 bits per heavy atom. The van der Waals surface area contributed by atoms with Crippen LogP contribution in [-0.2, 0) is 5.41 Å². The number of nitrogens with zero attached hydrogens (tertiary/aromatic N) is 4. The average molecular weight is 565 g/mol. The summed E-state index contributed by atoms with van der Waals surface area (Å²) in [6, 6.07) is 48.5. The van der Waals surface area contributed by atoms with Gasteiger partial charge in [-0.1, -0.05) is 72.8 Å². The molecule has 1 aliphatic heterocycles. The minimum atomic E-state index is -0.154. The third-order valence-electron chi connectivity index (χ3n) is 9.75. The summed E-state index contributed by atoms with van der Waals surface area (Å²) in [5.41, 5.74) is 11.7. The molecule has 9 aromatic rings. The fourth-order valence-corrected chi connectivity index (χ4v) is 7.75. The van der Waals surface area contributed by atoms with Crippen LogP contribution in [0.1, 0.15) is 25.2 Å². The van der Waals surface area contributed by atoms with E-state index in [0.29, 0.717) is 0 Å². The molecule has 4 nitrogen and oxygen atoms in total. The second-order valence-corrected chi connectivity index (χ2v) is 12.5. The van der Waals surface area contributed by atoms with Gasteiger partial charge in [-0.05, 0) is 80.1 Å². The Hall–Kier alpha value is -5.61. The SMILES string of the molecule is CC1(C)c2ccccc2-n2c1nc1cc(-n3c4ccccc4c4cc5c6ccccc6n(-c6ccccc6)c5cc43)ccc12. The van der Waals surface area contributed by atoms with E-state index in [2.05, 4.69) is 161 Å². The molecular formula is C40H28N4. The van der Waals surface area contributed by atoms with Crippen molar-refractivity contribution in [3.05, 3.63) is 145 Å². The summed E-state index contributed by atoms with van der Waals surface area (Å²) < 4.78 is 7.16. The molecule has 0 saturated heterocycles. The lowest BCUT2D eigenvalue weighted by Crippen LogP contribution is -2.16. The van der Waals surface area contributed by atoms with E-state index in [9.17, 15) is 0 Å². The Bertz CT molecular complexity index is 2630. The van der Waals surface area contributed by atoms with Crippen molar-refractivity contribution in [2.24, 2.45) is 0 Å². The topological polar surface area (TPSA) is 27.7 Å². The van der Waals surface area contributed by atoms with Crippen molar-refractivity contribution in [2.75, 3.05) is 0 Å². The van der Waals surface area contributed by atoms with E-state index in [4.69, 9.17) is 4.98 Å². The zero-order chi connectivity index (χ0) is 29.2. The Balaban J connectivity index is 1.29. The predicted molar refractivity (Wildman–Crippen MR) is 182 cm³/mol. The predicted octanol–water partition coefficient (Wildman–Crippen LogP) is 9.86. The average Bonchev–Trinajstić information content (AvgIpc) is 3.76. The molecule has 3 aromatic heterocycles. The van der Waals surface area contributed by atoms with Crippen molar-refractivity contribution >= 4 is 54.6 Å². The zero-order valence-electron chi connectivity index (χ0n) is 24.5. The lowest BCUT2D eigenvalue weighted by molar-refractivity contribution is 0.621. The smallest absolute Gasteiger partial charge is 0.124 e. The van der Waals surface area contributed by atoms with Crippen molar-refractivity contribution in [1.29, 1.82) is 0 Å². The maximum Gasteiger partial charge on any atom is 0.124 e. The molecule has 0 atom stereocenters. The monoisotopic (exact) mass is 564 g/mol. The molecule has 0 bridgehead atoms. The van der Waals surface area contributed by atoms with E-state index in [1.807, 2.05) is 0 Å². The molecule has 0 unspecified atom stereocenters. The molecule has 0 radical (unpaired) electrons. The number of hydrogen-bond donors (Lipinski definition) is 0. The second kappa shape index (κ2) is 8.27. The molecule has 0 spiro atoms. The van der Waals surface area contributed by atoms with Gasteiger partial charge in [0, 0.05) is 32.9 Å². The van der Waals surface area contributed by atoms with Crippen LogP contribution in [0.3, 0.4) is 0 Å². The van der Waals surface area contributed by atoms with Crippen LogP contribution in [0.5, 0.6) is 0 Å². The van der Waals surface area contributed by atoms with Crippen molar-refractivity contribution < 1.29 is 0 Å². The lowest BCUT2D eigenvalue weighted by Gasteiger charge is -2.17. The van der Waals surface area contributed by atoms with Crippen LogP contribution in [0.15, 0.2) is 133 Å². The number of rotatable bonds is 2. The Morgan fingerprint density at radius 3 is 1.80 bits per heavy atom. The van der Waals surface area contributed by atoms with Crippen molar-refractivity contribution in [3.8, 4) is 17.1 Å². The highest BCUT2D eigenvalue weighted by molar-refractivity contribution is 6.19. The van der Waals surface area contributed by atoms with Crippen LogP contribution in [-0.4, -0.2) is 18.7 Å². The zero-order valence-corrected chi connectivity index (χ0v) is 24.5. The van der Waals surface area contributed by atoms with E-state index in [0.717, 1.165) is 28.2 Å². The first-order valence-corrected chi connectivity index (χ1v) is 15.2.